The third-order valence-electron chi connectivity index (χ3n) is 5.96. The van der Waals surface area contributed by atoms with Gasteiger partial charge in [-0.25, -0.2) is 4.39 Å². The van der Waals surface area contributed by atoms with Crippen LogP contribution in [0.2, 0.25) is 0 Å². The van der Waals surface area contributed by atoms with Crippen LogP contribution >= 0.6 is 11.8 Å². The number of aromatic nitrogens is 2. The molecule has 1 N–H and O–H groups in total. The number of hydrogen-bond donors (Lipinski definition) is 1. The molecular formula is C20H24FN3O2S. The molecule has 144 valence electrons. The van der Waals surface area contributed by atoms with Crippen LogP contribution in [0, 0.1) is 23.6 Å². The van der Waals surface area contributed by atoms with Gasteiger partial charge in [0.25, 0.3) is 11.1 Å². The number of thioether (sulfide) groups is 1. The normalized spacial score (nSPS) is 26.1. The number of benzene rings is 1. The number of carbonyl (C=O) groups is 1. The third-order valence-corrected chi connectivity index (χ3v) is 6.90. The maximum Gasteiger partial charge on any atom is 0.277 e. The van der Waals surface area contributed by atoms with Crippen molar-refractivity contribution in [3.05, 3.63) is 30.1 Å². The second-order valence-corrected chi connectivity index (χ2v) is 9.04. The highest BCUT2D eigenvalue weighted by Gasteiger charge is 2.42. The van der Waals surface area contributed by atoms with Gasteiger partial charge in [-0.1, -0.05) is 30.3 Å². The van der Waals surface area contributed by atoms with E-state index >= 15 is 0 Å². The molecule has 1 aromatic heterocycles. The lowest BCUT2D eigenvalue weighted by Crippen LogP contribution is -2.43. The molecule has 7 heteroatoms. The van der Waals surface area contributed by atoms with Crippen molar-refractivity contribution < 1.29 is 13.6 Å². The molecule has 5 nitrogen and oxygen atoms in total. The van der Waals surface area contributed by atoms with Gasteiger partial charge < -0.3 is 9.73 Å². The first kappa shape index (κ1) is 18.5. The van der Waals surface area contributed by atoms with Crippen molar-refractivity contribution in [1.82, 2.24) is 15.5 Å². The third kappa shape index (κ3) is 3.88. The van der Waals surface area contributed by atoms with Crippen LogP contribution in [0.1, 0.15) is 39.5 Å². The molecule has 0 radical (unpaired) electrons. The Bertz CT molecular complexity index is 827. The second kappa shape index (κ2) is 7.62. The SMILES string of the molecule is C[C@H](Sc1nnc(-c2ccccc2F)o1)C(=O)N[C@@H](C)[C@H]1C[C@H]2CC[C@H]1C2. The van der Waals surface area contributed by atoms with E-state index in [9.17, 15) is 9.18 Å². The highest BCUT2D eigenvalue weighted by Crippen LogP contribution is 2.49. The van der Waals surface area contributed by atoms with Gasteiger partial charge >= 0.3 is 0 Å². The fourth-order valence-electron chi connectivity index (χ4n) is 4.56. The summed E-state index contributed by atoms with van der Waals surface area (Å²) in [5.74, 6) is 1.91. The van der Waals surface area contributed by atoms with Crippen LogP contribution in [0.15, 0.2) is 33.9 Å². The Kier molecular flexibility index (Phi) is 5.21. The number of fused-ring (bicyclic) bond motifs is 2. The second-order valence-electron chi connectivity index (χ2n) is 7.75. The van der Waals surface area contributed by atoms with Gasteiger partial charge in [0, 0.05) is 6.04 Å². The van der Waals surface area contributed by atoms with Crippen molar-refractivity contribution in [1.29, 1.82) is 0 Å². The van der Waals surface area contributed by atoms with E-state index in [0.717, 1.165) is 11.8 Å². The Morgan fingerprint density at radius 1 is 1.26 bits per heavy atom. The van der Waals surface area contributed by atoms with E-state index in [-0.39, 0.29) is 33.9 Å². The van der Waals surface area contributed by atoms with Gasteiger partial charge in [0.1, 0.15) is 5.82 Å². The summed E-state index contributed by atoms with van der Waals surface area (Å²) < 4.78 is 19.4. The minimum absolute atomic E-state index is 0.0269. The standard InChI is InChI=1S/C20H24FN3O2S/c1-11(16-10-13-7-8-14(16)9-13)22-18(25)12(2)27-20-24-23-19(26-20)15-5-3-4-6-17(15)21/h3-6,11-14,16H,7-10H2,1-2H3,(H,22,25)/t11-,12-,13-,14-,16+/m0/s1. The molecule has 0 aliphatic heterocycles. The molecule has 2 saturated carbocycles. The average Bonchev–Trinajstić information content (AvgIpc) is 3.38. The summed E-state index contributed by atoms with van der Waals surface area (Å²) in [6.45, 7) is 3.93. The number of hydrogen-bond acceptors (Lipinski definition) is 5. The van der Waals surface area contributed by atoms with Crippen LogP contribution in [0.3, 0.4) is 0 Å². The first-order valence-corrected chi connectivity index (χ1v) is 10.4. The summed E-state index contributed by atoms with van der Waals surface area (Å²) in [5, 5.41) is 10.9. The lowest BCUT2D eigenvalue weighted by atomic mass is 9.84. The van der Waals surface area contributed by atoms with Crippen LogP contribution in [0.4, 0.5) is 4.39 Å². The number of amides is 1. The van der Waals surface area contributed by atoms with Gasteiger partial charge in [0.05, 0.1) is 10.8 Å². The lowest BCUT2D eigenvalue weighted by Gasteiger charge is -2.29. The molecule has 2 fully saturated rings. The maximum absolute atomic E-state index is 13.8. The molecule has 0 spiro atoms. The quantitative estimate of drug-likeness (QED) is 0.746. The molecule has 0 unspecified atom stereocenters. The smallest absolute Gasteiger partial charge is 0.277 e. The van der Waals surface area contributed by atoms with Gasteiger partial charge in [-0.3, -0.25) is 4.79 Å². The van der Waals surface area contributed by atoms with E-state index in [1.165, 1.54) is 43.5 Å². The van der Waals surface area contributed by atoms with Crippen molar-refractivity contribution >= 4 is 17.7 Å². The summed E-state index contributed by atoms with van der Waals surface area (Å²) in [6.07, 6.45) is 5.23. The molecule has 1 amide bonds. The Morgan fingerprint density at radius 2 is 2.07 bits per heavy atom. The van der Waals surface area contributed by atoms with E-state index in [1.54, 1.807) is 18.2 Å². The molecular weight excluding hydrogens is 365 g/mol. The summed E-state index contributed by atoms with van der Waals surface area (Å²) >= 11 is 1.20. The summed E-state index contributed by atoms with van der Waals surface area (Å²) in [6, 6.07) is 6.44. The minimum atomic E-state index is -0.414. The van der Waals surface area contributed by atoms with Crippen molar-refractivity contribution in [2.45, 2.75) is 56.0 Å². The Hall–Kier alpha value is -1.89. The van der Waals surface area contributed by atoms with Gasteiger partial charge in [-0.15, -0.1) is 10.2 Å². The number of nitrogens with one attached hydrogen (secondary N) is 1. The van der Waals surface area contributed by atoms with Crippen molar-refractivity contribution in [2.75, 3.05) is 0 Å². The summed E-state index contributed by atoms with van der Waals surface area (Å²) in [7, 11) is 0. The minimum Gasteiger partial charge on any atom is -0.411 e. The average molecular weight is 389 g/mol. The number of halogens is 1. The Balaban J connectivity index is 1.34. The summed E-state index contributed by atoms with van der Waals surface area (Å²) in [4.78, 5) is 12.6. The van der Waals surface area contributed by atoms with Crippen LogP contribution in [-0.4, -0.2) is 27.4 Å². The van der Waals surface area contributed by atoms with Gasteiger partial charge in [-0.2, -0.15) is 0 Å². The van der Waals surface area contributed by atoms with E-state index < -0.39 is 5.82 Å². The maximum atomic E-state index is 13.8. The number of rotatable bonds is 6. The zero-order valence-corrected chi connectivity index (χ0v) is 16.3. The first-order valence-electron chi connectivity index (χ1n) is 9.56. The highest BCUT2D eigenvalue weighted by molar-refractivity contribution is 8.00. The summed E-state index contributed by atoms with van der Waals surface area (Å²) in [5.41, 5.74) is 0.263. The van der Waals surface area contributed by atoms with Crippen LogP contribution in [-0.2, 0) is 4.79 Å². The lowest BCUT2D eigenvalue weighted by molar-refractivity contribution is -0.121. The van der Waals surface area contributed by atoms with E-state index in [4.69, 9.17) is 4.42 Å². The monoisotopic (exact) mass is 389 g/mol. The van der Waals surface area contributed by atoms with Crippen molar-refractivity contribution in [3.8, 4) is 11.5 Å². The number of carbonyl (C=O) groups excluding carboxylic acids is 1. The predicted molar refractivity (Wildman–Crippen MR) is 102 cm³/mol. The van der Waals surface area contributed by atoms with Gasteiger partial charge in [0.15, 0.2) is 0 Å². The fraction of sp³-hybridized carbons (Fsp3) is 0.550. The molecule has 2 aliphatic rings. The zero-order chi connectivity index (χ0) is 19.0. The van der Waals surface area contributed by atoms with Crippen LogP contribution < -0.4 is 5.32 Å². The molecule has 1 heterocycles. The molecule has 2 bridgehead atoms. The van der Waals surface area contributed by atoms with Gasteiger partial charge in [-0.05, 0) is 63.0 Å². The number of nitrogens with zero attached hydrogens (tertiary/aromatic N) is 2. The largest absolute Gasteiger partial charge is 0.411 e. The molecule has 4 rings (SSSR count). The molecule has 5 atom stereocenters. The van der Waals surface area contributed by atoms with Crippen molar-refractivity contribution in [3.63, 3.8) is 0 Å². The van der Waals surface area contributed by atoms with Crippen LogP contribution in [0.5, 0.6) is 0 Å². The fourth-order valence-corrected chi connectivity index (χ4v) is 5.25. The Morgan fingerprint density at radius 3 is 2.78 bits per heavy atom. The van der Waals surface area contributed by atoms with E-state index in [1.807, 2.05) is 6.92 Å². The van der Waals surface area contributed by atoms with E-state index in [2.05, 4.69) is 22.4 Å². The topological polar surface area (TPSA) is 68.0 Å². The van der Waals surface area contributed by atoms with Crippen molar-refractivity contribution in [2.24, 2.45) is 17.8 Å². The molecule has 2 aromatic rings. The van der Waals surface area contributed by atoms with Gasteiger partial charge in [0.2, 0.25) is 5.91 Å². The molecule has 1 aromatic carbocycles. The van der Waals surface area contributed by atoms with E-state index in [0.29, 0.717) is 5.92 Å². The highest BCUT2D eigenvalue weighted by atomic mass is 32.2. The molecule has 0 saturated heterocycles. The van der Waals surface area contributed by atoms with Crippen LogP contribution in [0.25, 0.3) is 11.5 Å². The Labute approximate surface area is 162 Å². The zero-order valence-electron chi connectivity index (χ0n) is 15.5. The predicted octanol–water partition coefficient (Wildman–Crippen LogP) is 4.30. The molecule has 2 aliphatic carbocycles. The first-order chi connectivity index (χ1) is 13.0. The molecule has 27 heavy (non-hydrogen) atoms.